The minimum atomic E-state index is -1.57. The highest BCUT2D eigenvalue weighted by Crippen LogP contribution is 2.41. The molecule has 1 rings (SSSR count). The van der Waals surface area contributed by atoms with Crippen LogP contribution in [0, 0.1) is 0 Å². The number of carboxylic acids is 1. The van der Waals surface area contributed by atoms with Crippen LogP contribution >= 0.6 is 46.4 Å². The van der Waals surface area contributed by atoms with Crippen molar-refractivity contribution in [3.05, 3.63) is 31.2 Å². The minimum Gasteiger partial charge on any atom is -0.478 e. The lowest BCUT2D eigenvalue weighted by Crippen LogP contribution is -2.12. The van der Waals surface area contributed by atoms with E-state index in [1.807, 2.05) is 0 Å². The summed E-state index contributed by atoms with van der Waals surface area (Å²) in [7, 11) is 0. The topological polar surface area (TPSA) is 83.8 Å². The number of carboxylic acid groups (broad SMARTS) is 1. The molecule has 1 aromatic rings. The summed E-state index contributed by atoms with van der Waals surface area (Å²) in [5.74, 6) is -2.98. The Morgan fingerprint density at radius 1 is 0.882 bits per heavy atom. The van der Waals surface area contributed by atoms with Crippen molar-refractivity contribution in [3.8, 4) is 0 Å². The average molecular weight is 320 g/mol. The van der Waals surface area contributed by atoms with Gasteiger partial charge in [0.2, 0.25) is 0 Å². The molecule has 9 heteroatoms. The van der Waals surface area contributed by atoms with Crippen molar-refractivity contribution >= 4 is 58.3 Å². The molecule has 0 aromatic heterocycles. The number of carbonyl (C=O) groups is 2. The highest BCUT2D eigenvalue weighted by Gasteiger charge is 2.29. The standard InChI is InChI=1S/C8H2Cl4O5/c9-3-1(7(13)14)2(8(15)17-16)4(10)6(12)5(3)11/h16H,(H,13,14). The maximum Gasteiger partial charge on any atom is 0.375 e. The summed E-state index contributed by atoms with van der Waals surface area (Å²) < 4.78 is 0. The zero-order valence-electron chi connectivity index (χ0n) is 7.63. The molecule has 0 saturated heterocycles. The van der Waals surface area contributed by atoms with Gasteiger partial charge in [-0.15, -0.1) is 0 Å². The quantitative estimate of drug-likeness (QED) is 0.376. The third-order valence-corrected chi connectivity index (χ3v) is 3.57. The van der Waals surface area contributed by atoms with Crippen molar-refractivity contribution in [2.75, 3.05) is 0 Å². The van der Waals surface area contributed by atoms with Crippen LogP contribution in [0.3, 0.4) is 0 Å². The highest BCUT2D eigenvalue weighted by atomic mass is 35.5. The first-order chi connectivity index (χ1) is 7.82. The molecule has 92 valence electrons. The molecule has 0 spiro atoms. The maximum atomic E-state index is 11.2. The van der Waals surface area contributed by atoms with E-state index in [0.717, 1.165) is 0 Å². The van der Waals surface area contributed by atoms with Gasteiger partial charge in [-0.05, 0) is 0 Å². The average Bonchev–Trinajstić information content (AvgIpc) is 2.29. The van der Waals surface area contributed by atoms with E-state index < -0.39 is 33.1 Å². The van der Waals surface area contributed by atoms with Gasteiger partial charge < -0.3 is 5.11 Å². The van der Waals surface area contributed by atoms with Gasteiger partial charge in [-0.1, -0.05) is 46.4 Å². The Labute approximate surface area is 114 Å². The van der Waals surface area contributed by atoms with Gasteiger partial charge >= 0.3 is 11.9 Å². The van der Waals surface area contributed by atoms with Crippen LogP contribution in [0.5, 0.6) is 0 Å². The minimum absolute atomic E-state index is 0.315. The molecule has 0 radical (unpaired) electrons. The normalized spacial score (nSPS) is 10.2. The molecule has 0 heterocycles. The summed E-state index contributed by atoms with van der Waals surface area (Å²) in [6.07, 6.45) is 0. The summed E-state index contributed by atoms with van der Waals surface area (Å²) in [4.78, 5) is 25.6. The second kappa shape index (κ2) is 5.29. The zero-order chi connectivity index (χ0) is 13.3. The van der Waals surface area contributed by atoms with Crippen molar-refractivity contribution in [3.63, 3.8) is 0 Å². The van der Waals surface area contributed by atoms with Crippen molar-refractivity contribution in [2.45, 2.75) is 0 Å². The lowest BCUT2D eigenvalue weighted by atomic mass is 10.1. The van der Waals surface area contributed by atoms with Crippen molar-refractivity contribution in [1.82, 2.24) is 0 Å². The number of hydrogen-bond acceptors (Lipinski definition) is 4. The highest BCUT2D eigenvalue weighted by molar-refractivity contribution is 6.54. The van der Waals surface area contributed by atoms with Crippen LogP contribution in [-0.4, -0.2) is 22.3 Å². The molecule has 0 bridgehead atoms. The largest absolute Gasteiger partial charge is 0.478 e. The fourth-order valence-corrected chi connectivity index (χ4v) is 2.08. The van der Waals surface area contributed by atoms with E-state index in [-0.39, 0.29) is 10.0 Å². The van der Waals surface area contributed by atoms with Gasteiger partial charge in [-0.2, -0.15) is 5.26 Å². The zero-order valence-corrected chi connectivity index (χ0v) is 10.7. The molecule has 5 nitrogen and oxygen atoms in total. The van der Waals surface area contributed by atoms with E-state index in [9.17, 15) is 9.59 Å². The van der Waals surface area contributed by atoms with E-state index in [0.29, 0.717) is 0 Å². The van der Waals surface area contributed by atoms with Gasteiger partial charge in [0.1, 0.15) is 0 Å². The van der Waals surface area contributed by atoms with E-state index in [1.165, 1.54) is 0 Å². The van der Waals surface area contributed by atoms with Crippen molar-refractivity contribution in [1.29, 1.82) is 0 Å². The van der Waals surface area contributed by atoms with Gasteiger partial charge in [0.15, 0.2) is 0 Å². The molecule has 0 atom stereocenters. The van der Waals surface area contributed by atoms with Crippen molar-refractivity contribution < 1.29 is 24.8 Å². The van der Waals surface area contributed by atoms with Crippen molar-refractivity contribution in [2.24, 2.45) is 0 Å². The third-order valence-electron chi connectivity index (χ3n) is 1.77. The molecule has 0 amide bonds. The molecule has 2 N–H and O–H groups in total. The van der Waals surface area contributed by atoms with Crippen LogP contribution in [0.4, 0.5) is 0 Å². The number of rotatable bonds is 2. The second-order valence-corrected chi connectivity index (χ2v) is 4.20. The van der Waals surface area contributed by atoms with Gasteiger partial charge in [0.05, 0.1) is 31.2 Å². The summed E-state index contributed by atoms with van der Waals surface area (Å²) in [5, 5.41) is 15.6. The fourth-order valence-electron chi connectivity index (χ4n) is 1.07. The lowest BCUT2D eigenvalue weighted by molar-refractivity contribution is -0.182. The molecule has 0 fully saturated rings. The van der Waals surface area contributed by atoms with Gasteiger partial charge in [0, 0.05) is 0 Å². The van der Waals surface area contributed by atoms with Gasteiger partial charge in [0.25, 0.3) is 0 Å². The van der Waals surface area contributed by atoms with E-state index in [2.05, 4.69) is 4.89 Å². The SMILES string of the molecule is O=C(O)c1c(Cl)c(Cl)c(Cl)c(Cl)c1C(=O)OO. The van der Waals surface area contributed by atoms with E-state index >= 15 is 0 Å². The van der Waals surface area contributed by atoms with Gasteiger partial charge in [-0.3, -0.25) is 4.89 Å². The number of hydrogen-bond donors (Lipinski definition) is 2. The van der Waals surface area contributed by atoms with E-state index in [4.69, 9.17) is 56.8 Å². The molecule has 1 aromatic carbocycles. The fraction of sp³-hybridized carbons (Fsp3) is 0. The number of carbonyl (C=O) groups excluding carboxylic acids is 1. The predicted molar refractivity (Wildman–Crippen MR) is 61.5 cm³/mol. The summed E-state index contributed by atoms with van der Waals surface area (Å²) >= 11 is 22.5. The maximum absolute atomic E-state index is 11.2. The third kappa shape index (κ3) is 2.43. The summed E-state index contributed by atoms with van der Waals surface area (Å²) in [6.45, 7) is 0. The first-order valence-corrected chi connectivity index (χ1v) is 5.29. The van der Waals surface area contributed by atoms with Crippen LogP contribution in [0.1, 0.15) is 20.7 Å². The molecule has 17 heavy (non-hydrogen) atoms. The second-order valence-electron chi connectivity index (χ2n) is 2.69. The van der Waals surface area contributed by atoms with Gasteiger partial charge in [-0.25, -0.2) is 9.59 Å². The Bertz CT molecular complexity index is 513. The molecular weight excluding hydrogens is 318 g/mol. The lowest BCUT2D eigenvalue weighted by Gasteiger charge is -2.10. The Morgan fingerprint density at radius 3 is 1.65 bits per heavy atom. The Morgan fingerprint density at radius 2 is 1.29 bits per heavy atom. The molecule has 0 aliphatic heterocycles. The number of benzene rings is 1. The molecule has 0 saturated carbocycles. The molecular formula is C8H2Cl4O5. The monoisotopic (exact) mass is 318 g/mol. The first-order valence-electron chi connectivity index (χ1n) is 3.77. The first kappa shape index (κ1) is 14.3. The molecule has 0 unspecified atom stereocenters. The van der Waals surface area contributed by atoms with E-state index in [1.54, 1.807) is 0 Å². The predicted octanol–water partition coefficient (Wildman–Crippen LogP) is 3.63. The number of aromatic carboxylic acids is 1. The summed E-state index contributed by atoms with van der Waals surface area (Å²) in [6, 6.07) is 0. The molecule has 0 aliphatic rings. The van der Waals surface area contributed by atoms with Crippen LogP contribution in [0.2, 0.25) is 20.1 Å². The Balaban J connectivity index is 3.78. The Hall–Kier alpha value is -0.720. The van der Waals surface area contributed by atoms with Crippen LogP contribution in [0.25, 0.3) is 0 Å². The summed E-state index contributed by atoms with van der Waals surface area (Å²) in [5.41, 5.74) is -1.38. The molecule has 0 aliphatic carbocycles. The number of halogens is 4. The van der Waals surface area contributed by atoms with Crippen LogP contribution in [-0.2, 0) is 4.89 Å². The Kier molecular flexibility index (Phi) is 4.46. The van der Waals surface area contributed by atoms with Crippen LogP contribution < -0.4 is 0 Å². The smallest absolute Gasteiger partial charge is 0.375 e. The van der Waals surface area contributed by atoms with Crippen LogP contribution in [0.15, 0.2) is 0 Å².